The number of hydrogen-bond acceptors (Lipinski definition) is 4. The molecule has 0 heterocycles. The molecule has 1 aromatic rings. The molecule has 0 bridgehead atoms. The number of allylic oxidation sites excluding steroid dienone is 2. The summed E-state index contributed by atoms with van der Waals surface area (Å²) in [6, 6.07) is 6.12. The minimum atomic E-state index is -0.276. The second kappa shape index (κ2) is 6.26. The van der Waals surface area contributed by atoms with Crippen LogP contribution in [0.1, 0.15) is 63.5 Å². The number of fused-ring (bicyclic) bond motifs is 5. The van der Waals surface area contributed by atoms with Gasteiger partial charge in [0, 0.05) is 19.3 Å². The van der Waals surface area contributed by atoms with Gasteiger partial charge in [-0.1, -0.05) is 13.0 Å². The number of ether oxygens (including phenoxy) is 2. The van der Waals surface area contributed by atoms with E-state index < -0.39 is 0 Å². The van der Waals surface area contributed by atoms with E-state index in [9.17, 15) is 9.59 Å². The molecule has 0 N–H and O–H groups in total. The lowest BCUT2D eigenvalue weighted by Gasteiger charge is -2.49. The van der Waals surface area contributed by atoms with Crippen molar-refractivity contribution < 1.29 is 19.1 Å². The smallest absolute Gasteiger partial charge is 0.308 e. The van der Waals surface area contributed by atoms with E-state index in [-0.39, 0.29) is 17.4 Å². The maximum atomic E-state index is 11.5. The van der Waals surface area contributed by atoms with Crippen LogP contribution in [0.15, 0.2) is 30.0 Å². The Bertz CT molecular complexity index is 793. The van der Waals surface area contributed by atoms with Crippen LogP contribution in [0.3, 0.4) is 0 Å². The Balaban J connectivity index is 1.59. The minimum Gasteiger partial charge on any atom is -0.431 e. The van der Waals surface area contributed by atoms with Crippen molar-refractivity contribution in [2.24, 2.45) is 17.3 Å². The molecule has 0 spiro atoms. The lowest BCUT2D eigenvalue weighted by molar-refractivity contribution is -0.139. The van der Waals surface area contributed by atoms with Crippen molar-refractivity contribution in [2.45, 2.75) is 58.8 Å². The number of hydrogen-bond donors (Lipinski definition) is 0. The van der Waals surface area contributed by atoms with Crippen LogP contribution in [-0.4, -0.2) is 11.9 Å². The van der Waals surface area contributed by atoms with Crippen molar-refractivity contribution in [3.05, 3.63) is 41.2 Å². The number of carbonyl (C=O) groups excluding carboxylic acids is 2. The van der Waals surface area contributed by atoms with Crippen molar-refractivity contribution in [3.63, 3.8) is 0 Å². The molecule has 4 atom stereocenters. The molecule has 4 heteroatoms. The number of aryl methyl sites for hydroxylation is 1. The van der Waals surface area contributed by atoms with Crippen LogP contribution in [0.5, 0.6) is 5.75 Å². The number of esters is 2. The third-order valence-corrected chi connectivity index (χ3v) is 6.72. The highest BCUT2D eigenvalue weighted by Gasteiger charge is 2.53. The second-order valence-corrected chi connectivity index (χ2v) is 8.22. The fraction of sp³-hybridized carbons (Fsp3) is 0.545. The molecule has 0 saturated heterocycles. The van der Waals surface area contributed by atoms with Crippen LogP contribution in [0, 0.1) is 17.3 Å². The summed E-state index contributed by atoms with van der Waals surface area (Å²) in [6.07, 6.45) is 7.46. The first kappa shape index (κ1) is 17.3. The van der Waals surface area contributed by atoms with Gasteiger partial charge in [0.15, 0.2) is 0 Å². The van der Waals surface area contributed by atoms with Crippen molar-refractivity contribution in [3.8, 4) is 5.75 Å². The topological polar surface area (TPSA) is 52.6 Å². The normalized spacial score (nSPS) is 32.0. The first-order valence-electron chi connectivity index (χ1n) is 9.59. The number of rotatable bonds is 2. The molecule has 0 radical (unpaired) electrons. The van der Waals surface area contributed by atoms with Crippen molar-refractivity contribution in [1.82, 2.24) is 0 Å². The highest BCUT2D eigenvalue weighted by Crippen LogP contribution is 2.61. The van der Waals surface area contributed by atoms with Crippen LogP contribution in [0.4, 0.5) is 0 Å². The lowest BCUT2D eigenvalue weighted by atomic mass is 9.55. The van der Waals surface area contributed by atoms with E-state index in [4.69, 9.17) is 9.47 Å². The molecule has 3 aliphatic carbocycles. The first-order chi connectivity index (χ1) is 12.4. The van der Waals surface area contributed by atoms with Gasteiger partial charge in [0.25, 0.3) is 0 Å². The maximum Gasteiger partial charge on any atom is 0.308 e. The van der Waals surface area contributed by atoms with Crippen molar-refractivity contribution in [1.29, 1.82) is 0 Å². The van der Waals surface area contributed by atoms with E-state index >= 15 is 0 Å². The van der Waals surface area contributed by atoms with E-state index in [1.165, 1.54) is 25.0 Å². The molecular formula is C22H26O4. The molecule has 138 valence electrons. The zero-order valence-corrected chi connectivity index (χ0v) is 15.7. The summed E-state index contributed by atoms with van der Waals surface area (Å²) in [6.45, 7) is 5.20. The maximum absolute atomic E-state index is 11.5. The summed E-state index contributed by atoms with van der Waals surface area (Å²) in [5.41, 5.74) is 2.72. The summed E-state index contributed by atoms with van der Waals surface area (Å²) < 4.78 is 10.8. The van der Waals surface area contributed by atoms with E-state index in [0.29, 0.717) is 23.5 Å². The highest BCUT2D eigenvalue weighted by atomic mass is 16.5. The Hall–Kier alpha value is -2.10. The van der Waals surface area contributed by atoms with Crippen molar-refractivity contribution in [2.75, 3.05) is 0 Å². The van der Waals surface area contributed by atoms with E-state index in [2.05, 4.69) is 19.1 Å². The zero-order chi connectivity index (χ0) is 18.5. The monoisotopic (exact) mass is 354 g/mol. The fourth-order valence-electron chi connectivity index (χ4n) is 5.63. The van der Waals surface area contributed by atoms with Gasteiger partial charge in [-0.15, -0.1) is 0 Å². The zero-order valence-electron chi connectivity index (χ0n) is 15.7. The molecule has 3 aliphatic rings. The Morgan fingerprint density at radius 2 is 1.88 bits per heavy atom. The molecule has 26 heavy (non-hydrogen) atoms. The molecule has 0 aliphatic heterocycles. The number of carbonyl (C=O) groups is 2. The van der Waals surface area contributed by atoms with Gasteiger partial charge in [0.05, 0.1) is 0 Å². The van der Waals surface area contributed by atoms with E-state index in [1.54, 1.807) is 0 Å². The Labute approximate surface area is 154 Å². The minimum absolute atomic E-state index is 0.0119. The van der Waals surface area contributed by atoms with Gasteiger partial charge < -0.3 is 9.47 Å². The SMILES string of the molecule is CC(=O)OC1=CC[C@@H]2[C@@H]3CCc4cc(OC(C)=O)ccc4[C@H]3CC[C@@]12C. The fourth-order valence-corrected chi connectivity index (χ4v) is 5.63. The van der Waals surface area contributed by atoms with Gasteiger partial charge in [-0.05, 0) is 79.2 Å². The Kier molecular flexibility index (Phi) is 4.17. The Morgan fingerprint density at radius 3 is 2.62 bits per heavy atom. The molecule has 4 rings (SSSR count). The number of benzene rings is 1. The molecule has 0 unspecified atom stereocenters. The molecular weight excluding hydrogens is 328 g/mol. The summed E-state index contributed by atoms with van der Waals surface area (Å²) in [5.74, 6) is 2.75. The standard InChI is InChI=1S/C22H26O4/c1-13(23)25-16-5-7-17-15(12-16)4-6-19-18(17)10-11-22(3)20(19)8-9-21(22)26-14(2)24/h5,7,9,12,18-20H,4,6,8,10-11H2,1-3H3/t18-,19-,20-,22-/m1/s1. The average Bonchev–Trinajstić information content (AvgIpc) is 2.90. The van der Waals surface area contributed by atoms with Gasteiger partial charge in [-0.2, -0.15) is 0 Å². The van der Waals surface area contributed by atoms with Crippen LogP contribution in [0.2, 0.25) is 0 Å². The molecule has 1 saturated carbocycles. The molecule has 0 aromatic heterocycles. The first-order valence-corrected chi connectivity index (χ1v) is 9.59. The Morgan fingerprint density at radius 1 is 1.12 bits per heavy atom. The third-order valence-electron chi connectivity index (χ3n) is 6.72. The average molecular weight is 354 g/mol. The van der Waals surface area contributed by atoms with E-state index in [1.807, 2.05) is 12.1 Å². The summed E-state index contributed by atoms with van der Waals surface area (Å²) in [7, 11) is 0. The summed E-state index contributed by atoms with van der Waals surface area (Å²) in [5, 5.41) is 0. The second-order valence-electron chi connectivity index (χ2n) is 8.22. The van der Waals surface area contributed by atoms with Crippen LogP contribution in [0.25, 0.3) is 0 Å². The van der Waals surface area contributed by atoms with Crippen LogP contribution >= 0.6 is 0 Å². The third kappa shape index (κ3) is 2.76. The lowest BCUT2D eigenvalue weighted by Crippen LogP contribution is -2.41. The highest BCUT2D eigenvalue weighted by molar-refractivity contribution is 5.69. The molecule has 1 fully saturated rings. The summed E-state index contributed by atoms with van der Waals surface area (Å²) >= 11 is 0. The van der Waals surface area contributed by atoms with Crippen LogP contribution in [-0.2, 0) is 20.7 Å². The van der Waals surface area contributed by atoms with Gasteiger partial charge in [0.2, 0.25) is 0 Å². The quantitative estimate of drug-likeness (QED) is 0.578. The molecule has 4 nitrogen and oxygen atoms in total. The van der Waals surface area contributed by atoms with Crippen LogP contribution < -0.4 is 4.74 Å². The largest absolute Gasteiger partial charge is 0.431 e. The van der Waals surface area contributed by atoms with Gasteiger partial charge >= 0.3 is 11.9 Å². The predicted molar refractivity (Wildman–Crippen MR) is 97.6 cm³/mol. The van der Waals surface area contributed by atoms with E-state index in [0.717, 1.165) is 37.9 Å². The molecule has 0 amide bonds. The molecule has 1 aromatic carbocycles. The summed E-state index contributed by atoms with van der Waals surface area (Å²) in [4.78, 5) is 22.7. The van der Waals surface area contributed by atoms with Gasteiger partial charge in [-0.25, -0.2) is 0 Å². The van der Waals surface area contributed by atoms with Crippen molar-refractivity contribution >= 4 is 11.9 Å². The predicted octanol–water partition coefficient (Wildman–Crippen LogP) is 4.52. The van der Waals surface area contributed by atoms with Gasteiger partial charge in [0.1, 0.15) is 11.5 Å². The van der Waals surface area contributed by atoms with Gasteiger partial charge in [-0.3, -0.25) is 9.59 Å².